The maximum atomic E-state index is 12.7. The number of anilines is 1. The zero-order chi connectivity index (χ0) is 17.5. The second kappa shape index (κ2) is 8.55. The molecule has 0 aromatic carbocycles. The molecular weight excluding hydrogens is 314 g/mol. The van der Waals surface area contributed by atoms with Gasteiger partial charge in [0.2, 0.25) is 5.95 Å². The van der Waals surface area contributed by atoms with Gasteiger partial charge in [-0.25, -0.2) is 9.97 Å². The van der Waals surface area contributed by atoms with Crippen molar-refractivity contribution in [2.45, 2.75) is 32.1 Å². The van der Waals surface area contributed by atoms with Gasteiger partial charge >= 0.3 is 0 Å². The number of likely N-dealkylation sites (N-methyl/N-ethyl adjacent to an activating group) is 1. The van der Waals surface area contributed by atoms with Crippen LogP contribution in [0.3, 0.4) is 0 Å². The monoisotopic (exact) mass is 339 g/mol. The summed E-state index contributed by atoms with van der Waals surface area (Å²) in [5, 5.41) is 0. The van der Waals surface area contributed by atoms with E-state index in [-0.39, 0.29) is 5.91 Å². The number of aromatic nitrogens is 3. The average molecular weight is 339 g/mol. The zero-order valence-electron chi connectivity index (χ0n) is 14.8. The molecule has 0 N–H and O–H groups in total. The van der Waals surface area contributed by atoms with Gasteiger partial charge in [-0.3, -0.25) is 9.78 Å². The van der Waals surface area contributed by atoms with E-state index in [1.165, 1.54) is 18.4 Å². The van der Waals surface area contributed by atoms with E-state index in [0.717, 1.165) is 38.9 Å². The van der Waals surface area contributed by atoms with Crippen LogP contribution < -0.4 is 4.90 Å². The topological polar surface area (TPSA) is 62.2 Å². The van der Waals surface area contributed by atoms with Gasteiger partial charge in [-0.2, -0.15) is 0 Å². The highest BCUT2D eigenvalue weighted by atomic mass is 16.2. The first kappa shape index (κ1) is 17.3. The van der Waals surface area contributed by atoms with Crippen LogP contribution in [0.25, 0.3) is 0 Å². The molecule has 3 heterocycles. The van der Waals surface area contributed by atoms with Gasteiger partial charge in [0.25, 0.3) is 5.91 Å². The number of carbonyl (C=O) groups excluding carboxylic acids is 1. The lowest BCUT2D eigenvalue weighted by atomic mass is 10.2. The molecule has 0 bridgehead atoms. The number of pyridine rings is 1. The summed E-state index contributed by atoms with van der Waals surface area (Å²) in [5.74, 6) is 0.614. The summed E-state index contributed by atoms with van der Waals surface area (Å²) in [7, 11) is 1.96. The smallest absolute Gasteiger partial charge is 0.272 e. The van der Waals surface area contributed by atoms with Crippen LogP contribution in [0.1, 0.15) is 41.7 Å². The van der Waals surface area contributed by atoms with Crippen LogP contribution in [0.4, 0.5) is 5.95 Å². The fourth-order valence-corrected chi connectivity index (χ4v) is 3.03. The van der Waals surface area contributed by atoms with Crippen LogP contribution >= 0.6 is 0 Å². The van der Waals surface area contributed by atoms with E-state index in [2.05, 4.69) is 15.0 Å². The zero-order valence-corrected chi connectivity index (χ0v) is 14.8. The Balaban J connectivity index is 1.64. The number of likely N-dealkylation sites (tertiary alicyclic amines) is 1. The van der Waals surface area contributed by atoms with Crippen molar-refractivity contribution in [2.24, 2.45) is 0 Å². The number of hydrogen-bond acceptors (Lipinski definition) is 5. The number of hydrogen-bond donors (Lipinski definition) is 0. The molecule has 1 aliphatic rings. The molecule has 0 aliphatic carbocycles. The molecule has 3 rings (SSSR count). The second-order valence-electron chi connectivity index (χ2n) is 6.48. The van der Waals surface area contributed by atoms with Gasteiger partial charge in [0.05, 0.1) is 0 Å². The number of carbonyl (C=O) groups is 1. The molecular formula is C19H25N5O. The Labute approximate surface area is 148 Å². The van der Waals surface area contributed by atoms with Crippen molar-refractivity contribution in [1.82, 2.24) is 19.9 Å². The highest BCUT2D eigenvalue weighted by Gasteiger charge is 2.19. The Hall–Kier alpha value is -2.50. The van der Waals surface area contributed by atoms with E-state index in [9.17, 15) is 4.79 Å². The standard InChI is InChI=1S/C19H25N5O/c1-23(15-9-16-6-10-20-11-7-16)19-21-12-8-17(22-19)18(25)24-13-4-2-3-5-14-24/h6-8,10-12H,2-5,9,13-15H2,1H3. The quantitative estimate of drug-likeness (QED) is 0.838. The van der Waals surface area contributed by atoms with Gasteiger partial charge in [0.1, 0.15) is 5.69 Å². The van der Waals surface area contributed by atoms with Crippen LogP contribution in [-0.2, 0) is 6.42 Å². The lowest BCUT2D eigenvalue weighted by Gasteiger charge is -2.21. The Morgan fingerprint density at radius 3 is 2.52 bits per heavy atom. The van der Waals surface area contributed by atoms with E-state index in [1.54, 1.807) is 24.7 Å². The van der Waals surface area contributed by atoms with Gasteiger partial charge in [-0.05, 0) is 43.0 Å². The Bertz CT molecular complexity index is 683. The normalized spacial score (nSPS) is 14.8. The van der Waals surface area contributed by atoms with E-state index in [4.69, 9.17) is 0 Å². The summed E-state index contributed by atoms with van der Waals surface area (Å²) < 4.78 is 0. The lowest BCUT2D eigenvalue weighted by Crippen LogP contribution is -2.33. The summed E-state index contributed by atoms with van der Waals surface area (Å²) in [6, 6.07) is 5.73. The van der Waals surface area contributed by atoms with Crippen LogP contribution in [0.5, 0.6) is 0 Å². The first-order valence-corrected chi connectivity index (χ1v) is 8.96. The highest BCUT2D eigenvalue weighted by molar-refractivity contribution is 5.92. The molecule has 0 unspecified atom stereocenters. The van der Waals surface area contributed by atoms with Gasteiger partial charge in [-0.1, -0.05) is 12.8 Å². The molecule has 0 radical (unpaired) electrons. The summed E-state index contributed by atoms with van der Waals surface area (Å²) in [4.78, 5) is 29.5. The Morgan fingerprint density at radius 2 is 1.80 bits per heavy atom. The largest absolute Gasteiger partial charge is 0.344 e. The first-order chi connectivity index (χ1) is 12.2. The molecule has 0 atom stereocenters. The van der Waals surface area contributed by atoms with Crippen molar-refractivity contribution in [3.05, 3.63) is 48.0 Å². The minimum atomic E-state index is 0.0214. The number of rotatable bonds is 5. The third-order valence-electron chi connectivity index (χ3n) is 4.58. The first-order valence-electron chi connectivity index (χ1n) is 8.96. The molecule has 25 heavy (non-hydrogen) atoms. The third-order valence-corrected chi connectivity index (χ3v) is 4.58. The van der Waals surface area contributed by atoms with E-state index in [1.807, 2.05) is 29.0 Å². The van der Waals surface area contributed by atoms with Gasteiger partial charge in [-0.15, -0.1) is 0 Å². The molecule has 0 spiro atoms. The van der Waals surface area contributed by atoms with Crippen LogP contribution in [0.15, 0.2) is 36.8 Å². The molecule has 0 saturated carbocycles. The molecule has 132 valence electrons. The summed E-state index contributed by atoms with van der Waals surface area (Å²) in [6.45, 7) is 2.44. The molecule has 6 nitrogen and oxygen atoms in total. The molecule has 6 heteroatoms. The predicted molar refractivity (Wildman–Crippen MR) is 97.6 cm³/mol. The van der Waals surface area contributed by atoms with Crippen molar-refractivity contribution in [3.63, 3.8) is 0 Å². The van der Waals surface area contributed by atoms with Crippen LogP contribution in [0.2, 0.25) is 0 Å². The van der Waals surface area contributed by atoms with Crippen molar-refractivity contribution in [1.29, 1.82) is 0 Å². The van der Waals surface area contributed by atoms with Gasteiger partial charge in [0, 0.05) is 45.3 Å². The lowest BCUT2D eigenvalue weighted by molar-refractivity contribution is 0.0755. The summed E-state index contributed by atoms with van der Waals surface area (Å²) in [5.41, 5.74) is 1.71. The Kier molecular flexibility index (Phi) is 5.93. The van der Waals surface area contributed by atoms with E-state index < -0.39 is 0 Å². The van der Waals surface area contributed by atoms with Gasteiger partial charge in [0.15, 0.2) is 0 Å². The van der Waals surface area contributed by atoms with Gasteiger partial charge < -0.3 is 9.80 Å². The van der Waals surface area contributed by atoms with E-state index >= 15 is 0 Å². The fraction of sp³-hybridized carbons (Fsp3) is 0.474. The SMILES string of the molecule is CN(CCc1ccncc1)c1nccc(C(=O)N2CCCCCC2)n1. The van der Waals surface area contributed by atoms with Crippen molar-refractivity contribution in [2.75, 3.05) is 31.6 Å². The van der Waals surface area contributed by atoms with Crippen molar-refractivity contribution in [3.8, 4) is 0 Å². The molecule has 2 aromatic heterocycles. The van der Waals surface area contributed by atoms with Crippen LogP contribution in [0, 0.1) is 0 Å². The summed E-state index contributed by atoms with van der Waals surface area (Å²) >= 11 is 0. The average Bonchev–Trinajstić information content (AvgIpc) is 2.96. The maximum Gasteiger partial charge on any atom is 0.272 e. The van der Waals surface area contributed by atoms with Crippen molar-refractivity contribution >= 4 is 11.9 Å². The molecule has 2 aromatic rings. The molecule has 1 saturated heterocycles. The minimum Gasteiger partial charge on any atom is -0.344 e. The fourth-order valence-electron chi connectivity index (χ4n) is 3.03. The molecule has 1 amide bonds. The highest BCUT2D eigenvalue weighted by Crippen LogP contribution is 2.14. The van der Waals surface area contributed by atoms with E-state index in [0.29, 0.717) is 11.6 Å². The molecule has 1 aliphatic heterocycles. The summed E-state index contributed by atoms with van der Waals surface area (Å²) in [6.07, 6.45) is 10.7. The minimum absolute atomic E-state index is 0.0214. The predicted octanol–water partition coefficient (Wildman–Crippen LogP) is 2.57. The number of amides is 1. The second-order valence-corrected chi connectivity index (χ2v) is 6.48. The Morgan fingerprint density at radius 1 is 1.08 bits per heavy atom. The number of nitrogens with zero attached hydrogens (tertiary/aromatic N) is 5. The third kappa shape index (κ3) is 4.75. The molecule has 1 fully saturated rings. The maximum absolute atomic E-state index is 12.7. The van der Waals surface area contributed by atoms with Crippen molar-refractivity contribution < 1.29 is 4.79 Å². The van der Waals surface area contributed by atoms with Crippen LogP contribution in [-0.4, -0.2) is 52.4 Å².